The van der Waals surface area contributed by atoms with Crippen molar-refractivity contribution in [1.29, 1.82) is 0 Å². The van der Waals surface area contributed by atoms with E-state index < -0.39 is 17.2 Å². The van der Waals surface area contributed by atoms with Crippen molar-refractivity contribution in [3.8, 4) is 17.2 Å². The van der Waals surface area contributed by atoms with Gasteiger partial charge in [0.1, 0.15) is 6.54 Å². The van der Waals surface area contributed by atoms with E-state index in [1.165, 1.54) is 57.1 Å². The number of ether oxygens (including phenoxy) is 3. The summed E-state index contributed by atoms with van der Waals surface area (Å²) in [5.74, 6) is 0.783. The monoisotopic (exact) mass is 430 g/mol. The Hall–Kier alpha value is -4.09. The van der Waals surface area contributed by atoms with Crippen LogP contribution in [0, 0.1) is 0 Å². The zero-order valence-electron chi connectivity index (χ0n) is 17.7. The third kappa shape index (κ3) is 3.86. The molecule has 0 unspecified atom stereocenters. The number of benzene rings is 1. The predicted octanol–water partition coefficient (Wildman–Crippen LogP) is -0.390. The van der Waals surface area contributed by atoms with Gasteiger partial charge in [-0.2, -0.15) is 5.10 Å². The van der Waals surface area contributed by atoms with Crippen molar-refractivity contribution in [3.05, 3.63) is 44.9 Å². The van der Waals surface area contributed by atoms with Crippen molar-refractivity contribution >= 4 is 23.3 Å². The number of fused-ring (bicyclic) bond motifs is 1. The Morgan fingerprint density at radius 2 is 1.81 bits per heavy atom. The topological polar surface area (TPSA) is 131 Å². The molecule has 3 aromatic rings. The van der Waals surface area contributed by atoms with Gasteiger partial charge < -0.3 is 18.8 Å². The van der Waals surface area contributed by atoms with Crippen LogP contribution in [-0.2, 0) is 25.4 Å². The number of rotatable bonds is 7. The number of carbonyl (C=O) groups is 1. The fourth-order valence-corrected chi connectivity index (χ4v) is 3.11. The van der Waals surface area contributed by atoms with Gasteiger partial charge >= 0.3 is 5.69 Å². The summed E-state index contributed by atoms with van der Waals surface area (Å²) >= 11 is 0. The van der Waals surface area contributed by atoms with E-state index in [4.69, 9.17) is 14.2 Å². The van der Waals surface area contributed by atoms with Crippen LogP contribution in [0.2, 0.25) is 0 Å². The molecule has 0 aliphatic heterocycles. The van der Waals surface area contributed by atoms with Crippen molar-refractivity contribution in [2.75, 3.05) is 21.3 Å². The van der Waals surface area contributed by atoms with E-state index in [1.54, 1.807) is 12.1 Å². The summed E-state index contributed by atoms with van der Waals surface area (Å²) in [5, 5.41) is 3.94. The third-order valence-electron chi connectivity index (χ3n) is 4.66. The minimum absolute atomic E-state index is 0.144. The van der Waals surface area contributed by atoms with Gasteiger partial charge in [0, 0.05) is 19.7 Å². The molecular weight excluding hydrogens is 408 g/mol. The lowest BCUT2D eigenvalue weighted by molar-refractivity contribution is -0.121. The zero-order valence-corrected chi connectivity index (χ0v) is 17.7. The van der Waals surface area contributed by atoms with Gasteiger partial charge in [0.25, 0.3) is 11.5 Å². The standard InChI is InChI=1S/C19H22N6O6/c1-23-17-14(18(27)24(2)19(23)28)25(10-20-17)9-13(26)22-21-8-11-6-7-12(29-3)16(31-5)15(11)30-4/h6-8,10H,9H2,1-5H3,(H,22,26)/b21-8-. The number of imidazole rings is 1. The van der Waals surface area contributed by atoms with Gasteiger partial charge in [-0.1, -0.05) is 0 Å². The predicted molar refractivity (Wildman–Crippen MR) is 112 cm³/mol. The summed E-state index contributed by atoms with van der Waals surface area (Å²) in [6.45, 7) is -0.218. The van der Waals surface area contributed by atoms with Crippen molar-refractivity contribution in [3.63, 3.8) is 0 Å². The average Bonchev–Trinajstić information content (AvgIpc) is 3.19. The molecule has 2 heterocycles. The van der Waals surface area contributed by atoms with E-state index in [9.17, 15) is 14.4 Å². The fourth-order valence-electron chi connectivity index (χ4n) is 3.11. The van der Waals surface area contributed by atoms with Crippen molar-refractivity contribution < 1.29 is 19.0 Å². The molecular formula is C19H22N6O6. The second-order valence-corrected chi connectivity index (χ2v) is 6.47. The van der Waals surface area contributed by atoms with Crippen molar-refractivity contribution in [2.24, 2.45) is 19.2 Å². The van der Waals surface area contributed by atoms with Gasteiger partial charge in [0.15, 0.2) is 22.7 Å². The Bertz CT molecular complexity index is 1290. The van der Waals surface area contributed by atoms with Gasteiger partial charge in [-0.15, -0.1) is 0 Å². The van der Waals surface area contributed by atoms with Gasteiger partial charge in [-0.3, -0.25) is 18.7 Å². The molecule has 12 heteroatoms. The van der Waals surface area contributed by atoms with Gasteiger partial charge in [0.2, 0.25) is 5.75 Å². The van der Waals surface area contributed by atoms with E-state index in [0.717, 1.165) is 4.57 Å². The molecule has 0 bridgehead atoms. The van der Waals surface area contributed by atoms with Crippen LogP contribution in [0.15, 0.2) is 33.2 Å². The van der Waals surface area contributed by atoms with Crippen LogP contribution in [0.25, 0.3) is 11.2 Å². The third-order valence-corrected chi connectivity index (χ3v) is 4.66. The summed E-state index contributed by atoms with van der Waals surface area (Å²) in [7, 11) is 7.34. The summed E-state index contributed by atoms with van der Waals surface area (Å²) in [6, 6.07) is 3.38. The number of hydrogen-bond acceptors (Lipinski definition) is 8. The Morgan fingerprint density at radius 1 is 1.10 bits per heavy atom. The first-order chi connectivity index (χ1) is 14.8. The number of aryl methyl sites for hydroxylation is 1. The highest BCUT2D eigenvalue weighted by molar-refractivity contribution is 5.87. The molecule has 0 fully saturated rings. The first kappa shape index (κ1) is 21.6. The lowest BCUT2D eigenvalue weighted by Gasteiger charge is -2.13. The van der Waals surface area contributed by atoms with Crippen LogP contribution in [0.3, 0.4) is 0 Å². The minimum atomic E-state index is -0.540. The molecule has 164 valence electrons. The lowest BCUT2D eigenvalue weighted by Crippen LogP contribution is -2.38. The van der Waals surface area contributed by atoms with Gasteiger partial charge in [-0.05, 0) is 12.1 Å². The number of hydrazone groups is 1. The molecule has 0 spiro atoms. The summed E-state index contributed by atoms with van der Waals surface area (Å²) in [5.41, 5.74) is 2.24. The molecule has 2 aromatic heterocycles. The van der Waals surface area contributed by atoms with E-state index in [1.807, 2.05) is 0 Å². The fraction of sp³-hybridized carbons (Fsp3) is 0.316. The van der Waals surface area contributed by atoms with Gasteiger partial charge in [0.05, 0.1) is 33.9 Å². The van der Waals surface area contributed by atoms with Gasteiger partial charge in [-0.25, -0.2) is 15.2 Å². The molecule has 1 aromatic carbocycles. The summed E-state index contributed by atoms with van der Waals surface area (Å²) in [6.07, 6.45) is 2.72. The molecule has 3 rings (SSSR count). The first-order valence-corrected chi connectivity index (χ1v) is 9.05. The molecule has 1 N–H and O–H groups in total. The molecule has 0 saturated heterocycles. The largest absolute Gasteiger partial charge is 0.493 e. The van der Waals surface area contributed by atoms with Crippen LogP contribution in [0.4, 0.5) is 0 Å². The molecule has 0 aliphatic carbocycles. The zero-order chi connectivity index (χ0) is 22.7. The normalized spacial score (nSPS) is 11.1. The first-order valence-electron chi connectivity index (χ1n) is 9.05. The Kier molecular flexibility index (Phi) is 6.09. The van der Waals surface area contributed by atoms with E-state index in [-0.39, 0.29) is 17.7 Å². The second kappa shape index (κ2) is 8.73. The number of carbonyl (C=O) groups excluding carboxylic acids is 1. The van der Waals surface area contributed by atoms with E-state index >= 15 is 0 Å². The molecule has 0 radical (unpaired) electrons. The molecule has 12 nitrogen and oxygen atoms in total. The minimum Gasteiger partial charge on any atom is -0.493 e. The van der Waals surface area contributed by atoms with Crippen LogP contribution >= 0.6 is 0 Å². The summed E-state index contributed by atoms with van der Waals surface area (Å²) in [4.78, 5) is 40.9. The maximum atomic E-state index is 12.4. The second-order valence-electron chi connectivity index (χ2n) is 6.47. The molecule has 0 atom stereocenters. The average molecular weight is 430 g/mol. The lowest BCUT2D eigenvalue weighted by atomic mass is 10.2. The van der Waals surface area contributed by atoms with Crippen molar-refractivity contribution in [1.82, 2.24) is 24.1 Å². The van der Waals surface area contributed by atoms with Crippen LogP contribution < -0.4 is 30.9 Å². The van der Waals surface area contributed by atoms with Crippen LogP contribution in [-0.4, -0.2) is 52.1 Å². The number of nitrogens with one attached hydrogen (secondary N) is 1. The quantitative estimate of drug-likeness (QED) is 0.399. The smallest absolute Gasteiger partial charge is 0.332 e. The number of aromatic nitrogens is 4. The highest BCUT2D eigenvalue weighted by Crippen LogP contribution is 2.38. The van der Waals surface area contributed by atoms with E-state index in [2.05, 4.69) is 15.5 Å². The number of nitrogens with zero attached hydrogens (tertiary/aromatic N) is 5. The Morgan fingerprint density at radius 3 is 2.45 bits per heavy atom. The number of hydrogen-bond donors (Lipinski definition) is 1. The highest BCUT2D eigenvalue weighted by Gasteiger charge is 2.16. The highest BCUT2D eigenvalue weighted by atomic mass is 16.5. The Labute approximate surface area is 176 Å². The maximum Gasteiger partial charge on any atom is 0.332 e. The van der Waals surface area contributed by atoms with Crippen molar-refractivity contribution in [2.45, 2.75) is 6.54 Å². The molecule has 0 aliphatic rings. The van der Waals surface area contributed by atoms with Crippen LogP contribution in [0.5, 0.6) is 17.2 Å². The van der Waals surface area contributed by atoms with E-state index in [0.29, 0.717) is 22.8 Å². The number of methoxy groups -OCH3 is 3. The van der Waals surface area contributed by atoms with Crippen LogP contribution in [0.1, 0.15) is 5.56 Å². The molecule has 0 saturated carbocycles. The summed E-state index contributed by atoms with van der Waals surface area (Å²) < 4.78 is 19.5. The Balaban J connectivity index is 1.81. The molecule has 31 heavy (non-hydrogen) atoms. The maximum absolute atomic E-state index is 12.4. The molecule has 1 amide bonds. The number of amides is 1. The SMILES string of the molecule is COc1ccc(/C=N\NC(=O)Cn2cnc3c2c(=O)n(C)c(=O)n3C)c(OC)c1OC.